The molecule has 162 valence electrons. The van der Waals surface area contributed by atoms with Gasteiger partial charge in [0.2, 0.25) is 5.91 Å². The van der Waals surface area contributed by atoms with Crippen LogP contribution in [0, 0.1) is 11.3 Å². The average molecular weight is 442 g/mol. The fourth-order valence-electron chi connectivity index (χ4n) is 4.37. The van der Waals surface area contributed by atoms with Gasteiger partial charge in [0.1, 0.15) is 10.6 Å². The molecule has 2 fully saturated rings. The summed E-state index contributed by atoms with van der Waals surface area (Å²) in [5, 5.41) is 2.58. The third kappa shape index (κ3) is 4.20. The number of benzene rings is 2. The SMILES string of the molecule is C=C1CC2COC(=O)C2(Cc2ccc(OS(=O)(=O)c3ccc(NC(C)=O)cc3)cc2)C1. The monoisotopic (exact) mass is 441 g/mol. The largest absolute Gasteiger partial charge is 0.465 e. The molecule has 0 bridgehead atoms. The maximum absolute atomic E-state index is 12.5. The first-order chi connectivity index (χ1) is 14.7. The molecule has 1 N–H and O–H groups in total. The molecule has 4 rings (SSSR count). The number of fused-ring (bicyclic) bond motifs is 1. The fourth-order valence-corrected chi connectivity index (χ4v) is 5.30. The first-order valence-corrected chi connectivity index (χ1v) is 11.3. The van der Waals surface area contributed by atoms with Crippen molar-refractivity contribution in [3.63, 3.8) is 0 Å². The van der Waals surface area contributed by atoms with Gasteiger partial charge in [-0.05, 0) is 61.2 Å². The number of hydrogen-bond acceptors (Lipinski definition) is 6. The molecule has 1 aliphatic heterocycles. The summed E-state index contributed by atoms with van der Waals surface area (Å²) < 4.78 is 35.6. The van der Waals surface area contributed by atoms with Crippen LogP contribution in [0.25, 0.3) is 0 Å². The van der Waals surface area contributed by atoms with Crippen LogP contribution in [-0.4, -0.2) is 26.9 Å². The summed E-state index contributed by atoms with van der Waals surface area (Å²) in [6, 6.07) is 12.4. The van der Waals surface area contributed by atoms with Crippen LogP contribution in [0.3, 0.4) is 0 Å². The Hall–Kier alpha value is -3.13. The van der Waals surface area contributed by atoms with Crippen LogP contribution in [0.15, 0.2) is 65.6 Å². The number of carbonyl (C=O) groups is 2. The molecule has 31 heavy (non-hydrogen) atoms. The Balaban J connectivity index is 1.46. The molecular weight excluding hydrogens is 418 g/mol. The number of ether oxygens (including phenoxy) is 1. The number of hydrogen-bond donors (Lipinski definition) is 1. The van der Waals surface area contributed by atoms with E-state index in [0.29, 0.717) is 25.1 Å². The van der Waals surface area contributed by atoms with Crippen LogP contribution in [-0.2, 0) is 30.9 Å². The summed E-state index contributed by atoms with van der Waals surface area (Å²) >= 11 is 0. The summed E-state index contributed by atoms with van der Waals surface area (Å²) in [5.74, 6) is -0.106. The van der Waals surface area contributed by atoms with E-state index < -0.39 is 15.5 Å². The minimum absolute atomic E-state index is 0.0226. The molecule has 8 heteroatoms. The second-order valence-corrected chi connectivity index (χ2v) is 9.69. The van der Waals surface area contributed by atoms with Crippen LogP contribution >= 0.6 is 0 Å². The Morgan fingerprint density at radius 3 is 2.52 bits per heavy atom. The van der Waals surface area contributed by atoms with Gasteiger partial charge in [-0.2, -0.15) is 8.42 Å². The lowest BCUT2D eigenvalue weighted by Gasteiger charge is -2.24. The Bertz CT molecular complexity index is 1140. The fraction of sp³-hybridized carbons (Fsp3) is 0.304. The third-order valence-corrected chi connectivity index (χ3v) is 7.08. The first kappa shape index (κ1) is 21.1. The molecule has 0 aromatic heterocycles. The molecule has 1 aliphatic carbocycles. The van der Waals surface area contributed by atoms with Gasteiger partial charge in [-0.15, -0.1) is 0 Å². The summed E-state index contributed by atoms with van der Waals surface area (Å²) in [6.07, 6.45) is 1.94. The molecule has 0 radical (unpaired) electrons. The molecule has 2 aromatic carbocycles. The number of nitrogens with one attached hydrogen (secondary N) is 1. The highest BCUT2D eigenvalue weighted by atomic mass is 32.2. The number of anilines is 1. The van der Waals surface area contributed by atoms with E-state index in [1.54, 1.807) is 24.3 Å². The highest BCUT2D eigenvalue weighted by molar-refractivity contribution is 7.87. The Kier molecular flexibility index (Phi) is 5.35. The lowest BCUT2D eigenvalue weighted by Crippen LogP contribution is -2.31. The van der Waals surface area contributed by atoms with Gasteiger partial charge in [0.25, 0.3) is 0 Å². The van der Waals surface area contributed by atoms with E-state index in [9.17, 15) is 18.0 Å². The van der Waals surface area contributed by atoms with Gasteiger partial charge in [0.15, 0.2) is 0 Å². The number of rotatable bonds is 6. The van der Waals surface area contributed by atoms with Gasteiger partial charge in [0.05, 0.1) is 12.0 Å². The number of esters is 1. The second-order valence-electron chi connectivity index (χ2n) is 8.15. The lowest BCUT2D eigenvalue weighted by molar-refractivity contribution is -0.146. The van der Waals surface area contributed by atoms with Crippen LogP contribution in [0.5, 0.6) is 5.75 Å². The van der Waals surface area contributed by atoms with E-state index in [0.717, 1.165) is 17.6 Å². The number of carbonyl (C=O) groups excluding carboxylic acids is 2. The van der Waals surface area contributed by atoms with Crippen LogP contribution in [0.1, 0.15) is 25.3 Å². The predicted octanol–water partition coefficient (Wildman–Crippen LogP) is 3.46. The highest BCUT2D eigenvalue weighted by Gasteiger charge is 2.55. The Morgan fingerprint density at radius 2 is 1.87 bits per heavy atom. The zero-order valence-corrected chi connectivity index (χ0v) is 17.9. The predicted molar refractivity (Wildman–Crippen MR) is 114 cm³/mol. The van der Waals surface area contributed by atoms with Crippen molar-refractivity contribution in [3.05, 3.63) is 66.2 Å². The Morgan fingerprint density at radius 1 is 1.19 bits per heavy atom. The van der Waals surface area contributed by atoms with Crippen LogP contribution in [0.2, 0.25) is 0 Å². The molecular formula is C23H23NO6S. The summed E-state index contributed by atoms with van der Waals surface area (Å²) in [5.41, 5.74) is 1.90. The molecule has 2 aliphatic rings. The second kappa shape index (κ2) is 7.85. The van der Waals surface area contributed by atoms with Crippen molar-refractivity contribution >= 4 is 27.7 Å². The molecule has 1 saturated heterocycles. The van der Waals surface area contributed by atoms with Gasteiger partial charge in [-0.25, -0.2) is 0 Å². The highest BCUT2D eigenvalue weighted by Crippen LogP contribution is 2.52. The van der Waals surface area contributed by atoms with Gasteiger partial charge in [-0.3, -0.25) is 9.59 Å². The summed E-state index contributed by atoms with van der Waals surface area (Å²) in [6.45, 7) is 5.84. The quantitative estimate of drug-likeness (QED) is 0.419. The van der Waals surface area contributed by atoms with E-state index in [4.69, 9.17) is 8.92 Å². The van der Waals surface area contributed by atoms with Gasteiger partial charge in [-0.1, -0.05) is 24.3 Å². The first-order valence-electron chi connectivity index (χ1n) is 9.93. The van der Waals surface area contributed by atoms with Crippen molar-refractivity contribution < 1.29 is 26.9 Å². The number of amides is 1. The zero-order valence-electron chi connectivity index (χ0n) is 17.1. The topological polar surface area (TPSA) is 98.8 Å². The van der Waals surface area contributed by atoms with Crippen molar-refractivity contribution in [2.45, 2.75) is 31.1 Å². The summed E-state index contributed by atoms with van der Waals surface area (Å²) in [4.78, 5) is 23.5. The smallest absolute Gasteiger partial charge is 0.339 e. The number of cyclic esters (lactones) is 1. The average Bonchev–Trinajstić information content (AvgIpc) is 3.17. The van der Waals surface area contributed by atoms with E-state index in [1.165, 1.54) is 31.2 Å². The molecule has 1 heterocycles. The molecule has 2 atom stereocenters. The van der Waals surface area contributed by atoms with Gasteiger partial charge < -0.3 is 14.2 Å². The van der Waals surface area contributed by atoms with Crippen LogP contribution < -0.4 is 9.50 Å². The van der Waals surface area contributed by atoms with Crippen molar-refractivity contribution in [1.29, 1.82) is 0 Å². The third-order valence-electron chi connectivity index (χ3n) is 5.82. The normalized spacial score (nSPS) is 22.7. The van der Waals surface area contributed by atoms with Gasteiger partial charge in [0, 0.05) is 18.5 Å². The van der Waals surface area contributed by atoms with E-state index in [1.807, 2.05) is 0 Å². The van der Waals surface area contributed by atoms with Gasteiger partial charge >= 0.3 is 16.1 Å². The standard InChI is InChI=1S/C23H23NO6S/c1-15-11-18-14-29-22(26)23(18,12-15)13-17-3-7-20(8-4-17)30-31(27,28)21-9-5-19(6-10-21)24-16(2)25/h3-10,18H,1,11-14H2,2H3,(H,24,25). The molecule has 0 spiro atoms. The molecule has 2 aromatic rings. The molecule has 1 amide bonds. The van der Waals surface area contributed by atoms with Crippen molar-refractivity contribution in [2.24, 2.45) is 11.3 Å². The minimum atomic E-state index is -4.02. The molecule has 1 saturated carbocycles. The molecule has 2 unspecified atom stereocenters. The lowest BCUT2D eigenvalue weighted by atomic mass is 9.75. The van der Waals surface area contributed by atoms with E-state index >= 15 is 0 Å². The van der Waals surface area contributed by atoms with Crippen molar-refractivity contribution in [1.82, 2.24) is 0 Å². The van der Waals surface area contributed by atoms with E-state index in [2.05, 4.69) is 11.9 Å². The van der Waals surface area contributed by atoms with Crippen LogP contribution in [0.4, 0.5) is 5.69 Å². The minimum Gasteiger partial charge on any atom is -0.465 e. The maximum atomic E-state index is 12.5. The Labute approximate surface area is 181 Å². The van der Waals surface area contributed by atoms with Crippen molar-refractivity contribution in [2.75, 3.05) is 11.9 Å². The van der Waals surface area contributed by atoms with E-state index in [-0.39, 0.29) is 28.4 Å². The maximum Gasteiger partial charge on any atom is 0.339 e. The zero-order chi connectivity index (χ0) is 22.2. The van der Waals surface area contributed by atoms with Crippen molar-refractivity contribution in [3.8, 4) is 5.75 Å². The number of allylic oxidation sites excluding steroid dienone is 1. The summed E-state index contributed by atoms with van der Waals surface area (Å²) in [7, 11) is -4.02. The molecule has 7 nitrogen and oxygen atoms in total.